The van der Waals surface area contributed by atoms with Crippen LogP contribution in [0.15, 0.2) is 35.1 Å². The molecule has 23 heavy (non-hydrogen) atoms. The Morgan fingerprint density at radius 3 is 2.74 bits per heavy atom. The highest BCUT2D eigenvalue weighted by atomic mass is 32.1. The molecule has 0 aliphatic heterocycles. The average molecular weight is 327 g/mol. The molecule has 0 saturated carbocycles. The second-order valence-corrected chi connectivity index (χ2v) is 7.01. The Balaban J connectivity index is 1.68. The quantitative estimate of drug-likeness (QED) is 0.776. The van der Waals surface area contributed by atoms with Crippen LogP contribution < -0.4 is 5.32 Å². The van der Waals surface area contributed by atoms with Crippen LogP contribution in [0, 0.1) is 0 Å². The summed E-state index contributed by atoms with van der Waals surface area (Å²) in [5, 5.41) is 11.6. The van der Waals surface area contributed by atoms with E-state index in [0.29, 0.717) is 11.7 Å². The van der Waals surface area contributed by atoms with Gasteiger partial charge in [-0.2, -0.15) is 5.10 Å². The summed E-state index contributed by atoms with van der Waals surface area (Å²) in [4.78, 5) is 9.57. The topological polar surface area (TPSA) is 76.7 Å². The number of hydrogen-bond donors (Lipinski definition) is 1. The van der Waals surface area contributed by atoms with Crippen molar-refractivity contribution in [2.45, 2.75) is 26.2 Å². The highest BCUT2D eigenvalue weighted by molar-refractivity contribution is 7.16. The van der Waals surface area contributed by atoms with Gasteiger partial charge >= 0.3 is 0 Å². The third kappa shape index (κ3) is 4.01. The fourth-order valence-corrected chi connectivity index (χ4v) is 2.49. The number of aromatic nitrogens is 4. The summed E-state index contributed by atoms with van der Waals surface area (Å²) in [6, 6.07) is 3.66. The molecule has 0 aliphatic rings. The van der Waals surface area contributed by atoms with E-state index in [0.717, 1.165) is 15.8 Å². The summed E-state index contributed by atoms with van der Waals surface area (Å²) in [7, 11) is 0. The number of rotatable bonds is 4. The van der Waals surface area contributed by atoms with Gasteiger partial charge in [0.15, 0.2) is 10.9 Å². The van der Waals surface area contributed by atoms with Crippen LogP contribution in [-0.4, -0.2) is 20.2 Å². The van der Waals surface area contributed by atoms with Gasteiger partial charge in [-0.15, -0.1) is 5.10 Å². The first-order valence-electron chi connectivity index (χ1n) is 7.16. The van der Waals surface area contributed by atoms with Crippen LogP contribution in [0.5, 0.6) is 0 Å². The first-order chi connectivity index (χ1) is 11.0. The standard InChI is InChI=1S/C16H17N5OS/c1-16(2,3)12-10-17-14(22-12)7-6-11-9-18-15(23-11)20-13-5-4-8-19-21-13/h4-10H,1-3H3,(H,18,20,21). The second-order valence-electron chi connectivity index (χ2n) is 5.95. The molecule has 0 spiro atoms. The van der Waals surface area contributed by atoms with Gasteiger partial charge in [0.2, 0.25) is 5.89 Å². The number of oxazole rings is 1. The first kappa shape index (κ1) is 15.4. The summed E-state index contributed by atoms with van der Waals surface area (Å²) in [6.45, 7) is 6.28. The van der Waals surface area contributed by atoms with E-state index in [1.54, 1.807) is 18.6 Å². The molecular weight excluding hydrogens is 310 g/mol. The predicted molar refractivity (Wildman–Crippen MR) is 91.6 cm³/mol. The Morgan fingerprint density at radius 1 is 1.17 bits per heavy atom. The predicted octanol–water partition coefficient (Wildman–Crippen LogP) is 4.13. The summed E-state index contributed by atoms with van der Waals surface area (Å²) >= 11 is 1.51. The van der Waals surface area contributed by atoms with E-state index in [1.165, 1.54) is 11.3 Å². The lowest BCUT2D eigenvalue weighted by atomic mass is 9.94. The Hall–Kier alpha value is -2.54. The summed E-state index contributed by atoms with van der Waals surface area (Å²) < 4.78 is 5.72. The molecule has 0 aliphatic carbocycles. The van der Waals surface area contributed by atoms with Crippen molar-refractivity contribution in [3.63, 3.8) is 0 Å². The maximum Gasteiger partial charge on any atom is 0.218 e. The maximum absolute atomic E-state index is 5.72. The molecule has 0 aromatic carbocycles. The Labute approximate surface area is 138 Å². The zero-order chi connectivity index (χ0) is 16.3. The number of thiazole rings is 1. The molecule has 1 N–H and O–H groups in total. The molecule has 118 valence electrons. The van der Waals surface area contributed by atoms with Crippen LogP contribution in [0.3, 0.4) is 0 Å². The molecule has 3 aromatic rings. The third-order valence-electron chi connectivity index (χ3n) is 2.98. The number of nitrogens with one attached hydrogen (secondary N) is 1. The highest BCUT2D eigenvalue weighted by Crippen LogP contribution is 2.25. The van der Waals surface area contributed by atoms with E-state index in [4.69, 9.17) is 4.42 Å². The third-order valence-corrected chi connectivity index (χ3v) is 3.86. The number of anilines is 2. The SMILES string of the molecule is CC(C)(C)c1cnc(C=Cc2cnc(Nc3cccnn3)s2)o1. The molecular formula is C16H17N5OS. The molecule has 7 heteroatoms. The van der Waals surface area contributed by atoms with Crippen LogP contribution in [0.4, 0.5) is 10.9 Å². The molecule has 0 radical (unpaired) electrons. The van der Waals surface area contributed by atoms with Crippen LogP contribution in [0.2, 0.25) is 0 Å². The zero-order valence-corrected chi connectivity index (χ0v) is 14.0. The molecule has 3 aromatic heterocycles. The molecule has 0 fully saturated rings. The van der Waals surface area contributed by atoms with Crippen molar-refractivity contribution >= 4 is 34.4 Å². The zero-order valence-electron chi connectivity index (χ0n) is 13.1. The van der Waals surface area contributed by atoms with Crippen molar-refractivity contribution < 1.29 is 4.42 Å². The molecule has 0 amide bonds. The Bertz CT molecular complexity index is 801. The second kappa shape index (κ2) is 6.29. The minimum Gasteiger partial charge on any atom is -0.441 e. The van der Waals surface area contributed by atoms with Gasteiger partial charge in [-0.1, -0.05) is 32.1 Å². The number of hydrogen-bond acceptors (Lipinski definition) is 7. The fraction of sp³-hybridized carbons (Fsp3) is 0.250. The molecule has 3 heterocycles. The molecule has 0 saturated heterocycles. The van der Waals surface area contributed by atoms with Crippen molar-refractivity contribution in [1.82, 2.24) is 20.2 Å². The first-order valence-corrected chi connectivity index (χ1v) is 7.97. The van der Waals surface area contributed by atoms with Gasteiger partial charge in [0, 0.05) is 28.8 Å². The van der Waals surface area contributed by atoms with Gasteiger partial charge in [0.05, 0.1) is 6.20 Å². The van der Waals surface area contributed by atoms with Crippen LogP contribution in [0.25, 0.3) is 12.2 Å². The van der Waals surface area contributed by atoms with Crippen molar-refractivity contribution in [1.29, 1.82) is 0 Å². The smallest absolute Gasteiger partial charge is 0.218 e. The van der Waals surface area contributed by atoms with Gasteiger partial charge in [0.1, 0.15) is 5.76 Å². The molecule has 3 rings (SSSR count). The van der Waals surface area contributed by atoms with Gasteiger partial charge in [-0.3, -0.25) is 0 Å². The highest BCUT2D eigenvalue weighted by Gasteiger charge is 2.18. The summed E-state index contributed by atoms with van der Waals surface area (Å²) in [5.41, 5.74) is -0.0443. The van der Waals surface area contributed by atoms with E-state index in [-0.39, 0.29) is 5.41 Å². The number of nitrogens with zero attached hydrogens (tertiary/aromatic N) is 4. The van der Waals surface area contributed by atoms with Gasteiger partial charge in [-0.25, -0.2) is 9.97 Å². The lowest BCUT2D eigenvalue weighted by Gasteiger charge is -2.12. The van der Waals surface area contributed by atoms with E-state index < -0.39 is 0 Å². The van der Waals surface area contributed by atoms with E-state index >= 15 is 0 Å². The summed E-state index contributed by atoms with van der Waals surface area (Å²) in [5.74, 6) is 2.12. The lowest BCUT2D eigenvalue weighted by molar-refractivity contribution is 0.403. The van der Waals surface area contributed by atoms with Gasteiger partial charge in [0.25, 0.3) is 0 Å². The molecule has 0 atom stereocenters. The monoisotopic (exact) mass is 327 g/mol. The fourth-order valence-electron chi connectivity index (χ4n) is 1.76. The molecule has 6 nitrogen and oxygen atoms in total. The minimum absolute atomic E-state index is 0.0443. The van der Waals surface area contributed by atoms with Gasteiger partial charge in [-0.05, 0) is 18.2 Å². The van der Waals surface area contributed by atoms with E-state index in [2.05, 4.69) is 46.3 Å². The van der Waals surface area contributed by atoms with E-state index in [9.17, 15) is 0 Å². The van der Waals surface area contributed by atoms with Crippen molar-refractivity contribution in [2.24, 2.45) is 0 Å². The molecule has 0 unspecified atom stereocenters. The Morgan fingerprint density at radius 2 is 2.04 bits per heavy atom. The van der Waals surface area contributed by atoms with Crippen molar-refractivity contribution in [2.75, 3.05) is 5.32 Å². The normalized spacial score (nSPS) is 12.0. The van der Waals surface area contributed by atoms with Crippen LogP contribution in [-0.2, 0) is 5.41 Å². The van der Waals surface area contributed by atoms with E-state index in [1.807, 2.05) is 24.3 Å². The largest absolute Gasteiger partial charge is 0.441 e. The van der Waals surface area contributed by atoms with Gasteiger partial charge < -0.3 is 9.73 Å². The molecule has 0 bridgehead atoms. The van der Waals surface area contributed by atoms with Crippen molar-refractivity contribution in [3.8, 4) is 0 Å². The minimum atomic E-state index is -0.0443. The van der Waals surface area contributed by atoms with Crippen molar-refractivity contribution in [3.05, 3.63) is 47.3 Å². The van der Waals surface area contributed by atoms with Crippen LogP contribution in [0.1, 0.15) is 37.3 Å². The average Bonchev–Trinajstić information content (AvgIpc) is 3.15. The lowest BCUT2D eigenvalue weighted by Crippen LogP contribution is -2.09. The summed E-state index contributed by atoms with van der Waals surface area (Å²) in [6.07, 6.45) is 8.96. The van der Waals surface area contributed by atoms with Crippen LogP contribution >= 0.6 is 11.3 Å². The Kier molecular flexibility index (Phi) is 4.20. The maximum atomic E-state index is 5.72.